The van der Waals surface area contributed by atoms with Crippen LogP contribution in [0.4, 0.5) is 0 Å². The number of nitrogens with two attached hydrogens (primary N) is 1. The van der Waals surface area contributed by atoms with Gasteiger partial charge in [0.15, 0.2) is 0 Å². The molecule has 0 radical (unpaired) electrons. The Balaban J connectivity index is 2.68. The third-order valence-electron chi connectivity index (χ3n) is 2.28. The summed E-state index contributed by atoms with van der Waals surface area (Å²) in [5.41, 5.74) is 5.10. The van der Waals surface area contributed by atoms with Gasteiger partial charge in [-0.3, -0.25) is 0 Å². The monoisotopic (exact) mass is 270 g/mol. The van der Waals surface area contributed by atoms with Crippen molar-refractivity contribution in [1.82, 2.24) is 3.56 Å². The summed E-state index contributed by atoms with van der Waals surface area (Å²) in [6.45, 7) is 1.66. The van der Waals surface area contributed by atoms with Crippen molar-refractivity contribution in [3.05, 3.63) is 34.6 Å². The molecule has 15 heavy (non-hydrogen) atoms. The van der Waals surface area contributed by atoms with Gasteiger partial charge in [0.05, 0.1) is 0 Å². The van der Waals surface area contributed by atoms with E-state index in [2.05, 4.69) is 0 Å². The van der Waals surface area contributed by atoms with E-state index in [0.29, 0.717) is 5.39 Å². The molecule has 78 valence electrons. The zero-order chi connectivity index (χ0) is 11.0. The number of amides is 1. The second kappa shape index (κ2) is 3.68. The van der Waals surface area contributed by atoms with Crippen LogP contribution in [-0.4, -0.2) is 24.2 Å². The fraction of sp³-hybridized carbons (Fsp3) is 0.200. The van der Waals surface area contributed by atoms with Crippen LogP contribution in [0.2, 0.25) is 0 Å². The Morgan fingerprint density at radius 2 is 2.13 bits per heavy atom. The topological polar surface area (TPSA) is 65.1 Å². The number of rotatable bonds is 2. The zero-order valence-electron chi connectivity index (χ0n) is 8.14. The number of carbonyl (C=O) groups is 1. The maximum absolute atomic E-state index is 11.9. The molecule has 5 heteroatoms. The molecule has 0 saturated heterocycles. The van der Waals surface area contributed by atoms with Crippen LogP contribution in [0.5, 0.6) is 0 Å². The van der Waals surface area contributed by atoms with Crippen LogP contribution in [0.25, 0.3) is 9.65 Å². The van der Waals surface area contributed by atoms with E-state index in [-0.39, 0.29) is 20.3 Å². The molecular weight excluding hydrogens is 259 g/mol. The molecule has 0 aliphatic heterocycles. The average molecular weight is 269 g/mol. The van der Waals surface area contributed by atoms with Crippen molar-refractivity contribution in [3.8, 4) is 0 Å². The predicted octanol–water partition coefficient (Wildman–Crippen LogP) is 0.105. The zero-order valence-corrected chi connectivity index (χ0v) is 9.85. The molecule has 1 unspecified atom stereocenters. The average Bonchev–Trinajstić information content (AvgIpc) is 2.56. The van der Waals surface area contributed by atoms with Crippen LogP contribution in [0, 0.1) is 0 Å². The first kappa shape index (κ1) is 10.2. The molecule has 0 bridgehead atoms. The van der Waals surface area contributed by atoms with Crippen molar-refractivity contribution >= 4 is 30.3 Å². The number of hydrogen-bond acceptors (Lipinski definition) is 2. The summed E-state index contributed by atoms with van der Waals surface area (Å²) in [5.74, 6) is -0.460. The van der Waals surface area contributed by atoms with Crippen molar-refractivity contribution in [2.45, 2.75) is 13.0 Å². The van der Waals surface area contributed by atoms with Gasteiger partial charge in [0.25, 0.3) is 0 Å². The first-order chi connectivity index (χ1) is 7.11. The van der Waals surface area contributed by atoms with Gasteiger partial charge in [0, 0.05) is 0 Å². The summed E-state index contributed by atoms with van der Waals surface area (Å²) in [5, 5.41) is 0.700. The predicted molar refractivity (Wildman–Crippen MR) is 59.1 cm³/mol. The molecule has 2 N–H and O–H groups in total. The third kappa shape index (κ3) is 1.64. The van der Waals surface area contributed by atoms with Gasteiger partial charge < -0.3 is 0 Å². The van der Waals surface area contributed by atoms with E-state index in [1.807, 2.05) is 18.2 Å². The number of aromatic nitrogens is 1. The van der Waals surface area contributed by atoms with Crippen LogP contribution in [0.15, 0.2) is 29.1 Å². The number of nitrogens with zero attached hydrogens (tertiary/aromatic N) is 1. The van der Waals surface area contributed by atoms with Gasteiger partial charge in [-0.15, -0.1) is 0 Å². The summed E-state index contributed by atoms with van der Waals surface area (Å²) in [6, 6.07) is 6.90. The molecule has 1 amide bonds. The van der Waals surface area contributed by atoms with Crippen LogP contribution in [0.3, 0.4) is 0 Å². The van der Waals surface area contributed by atoms with Crippen molar-refractivity contribution in [2.75, 3.05) is 0 Å². The first-order valence-electron chi connectivity index (χ1n) is 4.51. The SMILES string of the molecule is CC(C(N)=O)n1[se]c2ccccc2c1=O. The van der Waals surface area contributed by atoms with E-state index >= 15 is 0 Å². The van der Waals surface area contributed by atoms with Crippen molar-refractivity contribution in [2.24, 2.45) is 5.73 Å². The number of benzene rings is 1. The molecule has 2 rings (SSSR count). The summed E-state index contributed by atoms with van der Waals surface area (Å²) in [7, 11) is 0. The second-order valence-electron chi connectivity index (χ2n) is 3.30. The Kier molecular flexibility index (Phi) is 2.50. The Morgan fingerprint density at radius 3 is 2.73 bits per heavy atom. The number of carbonyl (C=O) groups excluding carboxylic acids is 1. The third-order valence-corrected chi connectivity index (χ3v) is 4.86. The quantitative estimate of drug-likeness (QED) is 0.786. The van der Waals surface area contributed by atoms with Gasteiger partial charge in [0.1, 0.15) is 0 Å². The van der Waals surface area contributed by atoms with E-state index in [0.717, 1.165) is 4.26 Å². The summed E-state index contributed by atoms with van der Waals surface area (Å²) < 4.78 is 2.57. The van der Waals surface area contributed by atoms with Crippen LogP contribution >= 0.6 is 0 Å². The van der Waals surface area contributed by atoms with Crippen LogP contribution in [0.1, 0.15) is 13.0 Å². The van der Waals surface area contributed by atoms with Crippen molar-refractivity contribution in [3.63, 3.8) is 0 Å². The van der Waals surface area contributed by atoms with Gasteiger partial charge >= 0.3 is 92.0 Å². The summed E-state index contributed by atoms with van der Waals surface area (Å²) in [6.07, 6.45) is 0. The number of hydrogen-bond donors (Lipinski definition) is 1. The van der Waals surface area contributed by atoms with E-state index < -0.39 is 11.9 Å². The first-order valence-corrected chi connectivity index (χ1v) is 6.13. The molecule has 1 atom stereocenters. The van der Waals surface area contributed by atoms with E-state index in [1.165, 1.54) is 0 Å². The molecule has 1 heterocycles. The van der Waals surface area contributed by atoms with Gasteiger partial charge in [-0.1, -0.05) is 0 Å². The standard InChI is InChI=1S/C10H10N2O2Se/c1-6(9(11)13)12-10(14)7-4-2-3-5-8(7)15-12/h2-6H,1H3,(H2,11,13). The fourth-order valence-electron chi connectivity index (χ4n) is 1.36. The van der Waals surface area contributed by atoms with Crippen molar-refractivity contribution < 1.29 is 4.79 Å². The molecule has 2 aromatic rings. The maximum atomic E-state index is 11.9. The van der Waals surface area contributed by atoms with Gasteiger partial charge in [-0.2, -0.15) is 0 Å². The molecule has 0 fully saturated rings. The molecule has 0 aliphatic carbocycles. The molecule has 4 nitrogen and oxygen atoms in total. The molecule has 0 aliphatic rings. The second-order valence-corrected chi connectivity index (χ2v) is 5.43. The molecule has 1 aromatic carbocycles. The van der Waals surface area contributed by atoms with E-state index in [4.69, 9.17) is 5.73 Å². The van der Waals surface area contributed by atoms with Gasteiger partial charge in [-0.05, 0) is 0 Å². The van der Waals surface area contributed by atoms with E-state index in [9.17, 15) is 9.59 Å². The van der Waals surface area contributed by atoms with E-state index in [1.54, 1.807) is 16.6 Å². The number of primary amides is 1. The minimum absolute atomic E-state index is 0.0862. The fourth-order valence-corrected chi connectivity index (χ4v) is 3.56. The minimum atomic E-state index is -0.523. The van der Waals surface area contributed by atoms with Crippen LogP contribution < -0.4 is 11.3 Å². The number of fused-ring (bicyclic) bond motifs is 1. The Bertz CT molecular complexity index is 570. The molecule has 0 saturated carbocycles. The normalized spacial score (nSPS) is 12.9. The molecular formula is C10H10N2O2Se. The van der Waals surface area contributed by atoms with Gasteiger partial charge in [0.2, 0.25) is 0 Å². The van der Waals surface area contributed by atoms with Gasteiger partial charge in [-0.25, -0.2) is 0 Å². The summed E-state index contributed by atoms with van der Waals surface area (Å²) in [4.78, 5) is 22.9. The van der Waals surface area contributed by atoms with Crippen molar-refractivity contribution in [1.29, 1.82) is 0 Å². The Morgan fingerprint density at radius 1 is 1.47 bits per heavy atom. The molecule has 0 spiro atoms. The summed E-state index contributed by atoms with van der Waals surface area (Å²) >= 11 is -0.123. The Hall–Kier alpha value is -1.32. The molecule has 1 aromatic heterocycles. The Labute approximate surface area is 92.3 Å². The van der Waals surface area contributed by atoms with Crippen LogP contribution in [-0.2, 0) is 4.79 Å².